The van der Waals surface area contributed by atoms with Crippen LogP contribution in [0.5, 0.6) is 0 Å². The normalized spacial score (nSPS) is 23.7. The fourth-order valence-electron chi connectivity index (χ4n) is 3.76. The molecule has 1 aliphatic heterocycles. The molecular formula is C19H23NO3. The van der Waals surface area contributed by atoms with Gasteiger partial charge in [0.25, 0.3) is 0 Å². The number of carboxylic acid groups (broad SMARTS) is 1. The molecule has 2 N–H and O–H groups in total. The molecule has 0 saturated heterocycles. The number of H-pyrrole nitrogens is 1. The van der Waals surface area contributed by atoms with E-state index in [1.165, 1.54) is 10.9 Å². The van der Waals surface area contributed by atoms with Gasteiger partial charge in [-0.2, -0.15) is 0 Å². The second-order valence-corrected chi connectivity index (χ2v) is 6.36. The molecule has 1 aromatic heterocycles. The summed E-state index contributed by atoms with van der Waals surface area (Å²) in [5.41, 5.74) is 3.61. The highest BCUT2D eigenvalue weighted by molar-refractivity contribution is 5.88. The van der Waals surface area contributed by atoms with Gasteiger partial charge in [-0.15, -0.1) is 6.58 Å². The third-order valence-electron chi connectivity index (χ3n) is 4.97. The van der Waals surface area contributed by atoms with Gasteiger partial charge in [0, 0.05) is 16.8 Å². The van der Waals surface area contributed by atoms with E-state index in [2.05, 4.69) is 36.7 Å². The minimum absolute atomic E-state index is 0.0246. The first-order valence-electron chi connectivity index (χ1n) is 8.10. The highest BCUT2D eigenvalue weighted by Crippen LogP contribution is 2.46. The van der Waals surface area contributed by atoms with Crippen LogP contribution in [-0.2, 0) is 15.1 Å². The quantitative estimate of drug-likeness (QED) is 0.811. The Morgan fingerprint density at radius 1 is 1.57 bits per heavy atom. The van der Waals surface area contributed by atoms with E-state index in [4.69, 9.17) is 4.74 Å². The van der Waals surface area contributed by atoms with Crippen LogP contribution in [0.4, 0.5) is 0 Å². The SMILES string of the molecule is C=CC[C@@H]1COC(CC)(CC(=O)O)c2[nH]c3c(C)cccc3c21. The van der Waals surface area contributed by atoms with Crippen molar-refractivity contribution in [1.82, 2.24) is 4.98 Å². The monoisotopic (exact) mass is 313 g/mol. The molecule has 0 spiro atoms. The van der Waals surface area contributed by atoms with Crippen molar-refractivity contribution in [2.45, 2.75) is 44.6 Å². The number of aliphatic carboxylic acids is 1. The number of nitrogens with one attached hydrogen (secondary N) is 1. The Bertz CT molecular complexity index is 761. The van der Waals surface area contributed by atoms with Crippen molar-refractivity contribution in [3.05, 3.63) is 47.7 Å². The summed E-state index contributed by atoms with van der Waals surface area (Å²) >= 11 is 0. The van der Waals surface area contributed by atoms with Crippen molar-refractivity contribution in [1.29, 1.82) is 0 Å². The van der Waals surface area contributed by atoms with E-state index in [9.17, 15) is 9.90 Å². The van der Waals surface area contributed by atoms with Crippen LogP contribution < -0.4 is 0 Å². The van der Waals surface area contributed by atoms with E-state index < -0.39 is 11.6 Å². The van der Waals surface area contributed by atoms with E-state index in [0.717, 1.165) is 23.2 Å². The Morgan fingerprint density at radius 3 is 3.00 bits per heavy atom. The van der Waals surface area contributed by atoms with Crippen molar-refractivity contribution in [3.63, 3.8) is 0 Å². The number of fused-ring (bicyclic) bond motifs is 3. The summed E-state index contributed by atoms with van der Waals surface area (Å²) in [5, 5.41) is 10.6. The number of hydrogen-bond donors (Lipinski definition) is 2. The molecule has 4 nitrogen and oxygen atoms in total. The zero-order chi connectivity index (χ0) is 16.6. The minimum Gasteiger partial charge on any atom is -0.481 e. The minimum atomic E-state index is -0.838. The van der Waals surface area contributed by atoms with Gasteiger partial charge in [-0.1, -0.05) is 31.2 Å². The standard InChI is InChI=1S/C19H23NO3/c1-4-7-13-11-23-19(5-2,10-15(21)22)18-16(13)14-9-6-8-12(3)17(14)20-18/h4,6,8-9,13,20H,1,5,7,10-11H2,2-3H3,(H,21,22)/t13-,19?/m1/s1. The first-order chi connectivity index (χ1) is 11.0. The highest BCUT2D eigenvalue weighted by atomic mass is 16.5. The number of benzene rings is 1. The van der Waals surface area contributed by atoms with E-state index in [-0.39, 0.29) is 12.3 Å². The van der Waals surface area contributed by atoms with Gasteiger partial charge in [-0.05, 0) is 30.9 Å². The molecular weight excluding hydrogens is 290 g/mol. The number of aromatic nitrogens is 1. The van der Waals surface area contributed by atoms with Gasteiger partial charge in [0.05, 0.1) is 18.7 Å². The van der Waals surface area contributed by atoms with E-state index in [1.807, 2.05) is 13.0 Å². The van der Waals surface area contributed by atoms with Crippen LogP contribution in [0.1, 0.15) is 48.9 Å². The lowest BCUT2D eigenvalue weighted by Gasteiger charge is -2.39. The number of allylic oxidation sites excluding steroid dienone is 1. The van der Waals surface area contributed by atoms with Gasteiger partial charge < -0.3 is 14.8 Å². The van der Waals surface area contributed by atoms with E-state index in [1.54, 1.807) is 0 Å². The second-order valence-electron chi connectivity index (χ2n) is 6.36. The van der Waals surface area contributed by atoms with Gasteiger partial charge in [0.1, 0.15) is 5.60 Å². The summed E-state index contributed by atoms with van der Waals surface area (Å²) in [6.07, 6.45) is 3.32. The molecule has 4 heteroatoms. The predicted molar refractivity (Wildman–Crippen MR) is 90.8 cm³/mol. The summed E-state index contributed by atoms with van der Waals surface area (Å²) in [7, 11) is 0. The average molecular weight is 313 g/mol. The molecule has 0 bridgehead atoms. The molecule has 0 radical (unpaired) electrons. The summed E-state index contributed by atoms with van der Waals surface area (Å²) in [6, 6.07) is 6.23. The second kappa shape index (κ2) is 5.85. The Labute approximate surface area is 136 Å². The molecule has 2 heterocycles. The Balaban J connectivity index is 2.27. The Morgan fingerprint density at radius 2 is 2.35 bits per heavy atom. The number of rotatable bonds is 5. The van der Waals surface area contributed by atoms with Crippen molar-refractivity contribution in [2.24, 2.45) is 0 Å². The summed E-state index contributed by atoms with van der Waals surface area (Å²) < 4.78 is 6.13. The van der Waals surface area contributed by atoms with Crippen molar-refractivity contribution < 1.29 is 14.6 Å². The molecule has 3 rings (SSSR count). The number of aromatic amines is 1. The molecule has 2 aromatic rings. The molecule has 2 atom stereocenters. The molecule has 0 aliphatic carbocycles. The number of hydrogen-bond acceptors (Lipinski definition) is 2. The van der Waals surface area contributed by atoms with Gasteiger partial charge in [-0.3, -0.25) is 4.79 Å². The smallest absolute Gasteiger partial charge is 0.306 e. The molecule has 1 unspecified atom stereocenters. The van der Waals surface area contributed by atoms with Crippen LogP contribution in [0.15, 0.2) is 30.9 Å². The fourth-order valence-corrected chi connectivity index (χ4v) is 3.76. The molecule has 23 heavy (non-hydrogen) atoms. The molecule has 1 aromatic carbocycles. The van der Waals surface area contributed by atoms with Crippen LogP contribution in [0, 0.1) is 6.92 Å². The van der Waals surface area contributed by atoms with Crippen molar-refractivity contribution in [2.75, 3.05) is 6.61 Å². The van der Waals surface area contributed by atoms with Gasteiger partial charge in [0.15, 0.2) is 0 Å². The van der Waals surface area contributed by atoms with E-state index >= 15 is 0 Å². The first kappa shape index (κ1) is 15.8. The highest BCUT2D eigenvalue weighted by Gasteiger charge is 2.43. The number of carboxylic acids is 1. The van der Waals surface area contributed by atoms with Gasteiger partial charge >= 0.3 is 5.97 Å². The summed E-state index contributed by atoms with van der Waals surface area (Å²) in [4.78, 5) is 14.9. The van der Waals surface area contributed by atoms with Crippen molar-refractivity contribution in [3.8, 4) is 0 Å². The zero-order valence-electron chi connectivity index (χ0n) is 13.7. The number of para-hydroxylation sites is 1. The number of aryl methyl sites for hydroxylation is 1. The van der Waals surface area contributed by atoms with Crippen LogP contribution in [0.25, 0.3) is 10.9 Å². The van der Waals surface area contributed by atoms with E-state index in [0.29, 0.717) is 13.0 Å². The maximum Gasteiger partial charge on any atom is 0.306 e. The average Bonchev–Trinajstić information content (AvgIpc) is 2.92. The summed E-state index contributed by atoms with van der Waals surface area (Å²) in [6.45, 7) is 8.44. The van der Waals surface area contributed by atoms with Gasteiger partial charge in [0.2, 0.25) is 0 Å². The zero-order valence-corrected chi connectivity index (χ0v) is 13.7. The molecule has 0 amide bonds. The third kappa shape index (κ3) is 2.47. The van der Waals surface area contributed by atoms with Crippen LogP contribution in [0.3, 0.4) is 0 Å². The molecule has 122 valence electrons. The largest absolute Gasteiger partial charge is 0.481 e. The Hall–Kier alpha value is -2.07. The summed E-state index contributed by atoms with van der Waals surface area (Å²) in [5.74, 6) is -0.623. The lowest BCUT2D eigenvalue weighted by Crippen LogP contribution is -2.38. The fraction of sp³-hybridized carbons (Fsp3) is 0.421. The van der Waals surface area contributed by atoms with Crippen molar-refractivity contribution >= 4 is 16.9 Å². The maximum absolute atomic E-state index is 11.4. The topological polar surface area (TPSA) is 62.3 Å². The molecule has 0 fully saturated rings. The number of carbonyl (C=O) groups is 1. The lowest BCUT2D eigenvalue weighted by molar-refractivity contribution is -0.149. The molecule has 0 saturated carbocycles. The van der Waals surface area contributed by atoms with Crippen LogP contribution >= 0.6 is 0 Å². The third-order valence-corrected chi connectivity index (χ3v) is 4.97. The lowest BCUT2D eigenvalue weighted by atomic mass is 9.81. The Kier molecular flexibility index (Phi) is 4.02. The van der Waals surface area contributed by atoms with Gasteiger partial charge in [-0.25, -0.2) is 0 Å². The maximum atomic E-state index is 11.4. The first-order valence-corrected chi connectivity index (χ1v) is 8.10. The molecule has 1 aliphatic rings. The predicted octanol–water partition coefficient (Wildman–Crippen LogP) is 4.25. The van der Waals surface area contributed by atoms with Crippen LogP contribution in [-0.4, -0.2) is 22.7 Å². The number of ether oxygens (including phenoxy) is 1. The van der Waals surface area contributed by atoms with Crippen LogP contribution in [0.2, 0.25) is 0 Å².